The zero-order valence-electron chi connectivity index (χ0n) is 12.5. The third kappa shape index (κ3) is 2.18. The number of aryl methyl sites for hydroxylation is 1. The summed E-state index contributed by atoms with van der Waals surface area (Å²) in [6.45, 7) is 2.62. The number of fused-ring (bicyclic) bond motifs is 1. The number of benzene rings is 2. The van der Waals surface area contributed by atoms with Crippen LogP contribution in [0.2, 0.25) is 0 Å². The normalized spacial score (nSPS) is 27.6. The highest BCUT2D eigenvalue weighted by Gasteiger charge is 2.56. The van der Waals surface area contributed by atoms with Crippen LogP contribution in [0.15, 0.2) is 59.5 Å². The molecule has 4 heteroatoms. The first-order chi connectivity index (χ1) is 10.6. The molecule has 0 aromatic heterocycles. The van der Waals surface area contributed by atoms with Crippen molar-refractivity contribution >= 4 is 10.0 Å². The Morgan fingerprint density at radius 2 is 1.68 bits per heavy atom. The highest BCUT2D eigenvalue weighted by Crippen LogP contribution is 2.57. The third-order valence-electron chi connectivity index (χ3n) is 4.88. The van der Waals surface area contributed by atoms with E-state index in [1.807, 2.05) is 49.4 Å². The van der Waals surface area contributed by atoms with E-state index in [0.717, 1.165) is 17.5 Å². The van der Waals surface area contributed by atoms with Gasteiger partial charge in [0.25, 0.3) is 0 Å². The maximum absolute atomic E-state index is 13.0. The molecule has 0 radical (unpaired) electrons. The van der Waals surface area contributed by atoms with E-state index in [4.69, 9.17) is 0 Å². The molecule has 1 heterocycles. The molecule has 0 N–H and O–H groups in total. The Kier molecular flexibility index (Phi) is 3.13. The molecule has 0 bridgehead atoms. The summed E-state index contributed by atoms with van der Waals surface area (Å²) >= 11 is 0. The molecule has 1 aliphatic carbocycles. The molecule has 22 heavy (non-hydrogen) atoms. The van der Waals surface area contributed by atoms with Crippen LogP contribution in [0, 0.1) is 18.8 Å². The van der Waals surface area contributed by atoms with Crippen molar-refractivity contribution in [1.82, 2.24) is 4.31 Å². The molecular weight excluding hydrogens is 294 g/mol. The summed E-state index contributed by atoms with van der Waals surface area (Å²) in [6.07, 6.45) is 1.15. The van der Waals surface area contributed by atoms with Crippen LogP contribution in [0.4, 0.5) is 0 Å². The maximum atomic E-state index is 13.0. The Bertz CT molecular complexity index is 784. The molecule has 1 saturated carbocycles. The Morgan fingerprint density at radius 3 is 2.36 bits per heavy atom. The van der Waals surface area contributed by atoms with Gasteiger partial charge in [0.2, 0.25) is 10.0 Å². The molecule has 2 aliphatic rings. The lowest BCUT2D eigenvalue weighted by Gasteiger charge is -2.27. The third-order valence-corrected chi connectivity index (χ3v) is 6.74. The van der Waals surface area contributed by atoms with E-state index in [0.29, 0.717) is 23.3 Å². The lowest BCUT2D eigenvalue weighted by atomic mass is 10.0. The fraction of sp³-hybridized carbons (Fsp3) is 0.333. The van der Waals surface area contributed by atoms with Crippen LogP contribution in [-0.2, 0) is 10.0 Å². The predicted molar refractivity (Wildman–Crippen MR) is 85.9 cm³/mol. The number of hydrogen-bond acceptors (Lipinski definition) is 2. The molecule has 2 aromatic rings. The molecule has 2 aromatic carbocycles. The summed E-state index contributed by atoms with van der Waals surface area (Å²) in [6, 6.07) is 17.2. The van der Waals surface area contributed by atoms with E-state index in [9.17, 15) is 8.42 Å². The van der Waals surface area contributed by atoms with Crippen molar-refractivity contribution < 1.29 is 8.42 Å². The minimum atomic E-state index is -3.42. The molecule has 114 valence electrons. The second-order valence-electron chi connectivity index (χ2n) is 6.40. The summed E-state index contributed by atoms with van der Waals surface area (Å²) in [4.78, 5) is 0.403. The number of rotatable bonds is 3. The van der Waals surface area contributed by atoms with Gasteiger partial charge in [0, 0.05) is 6.54 Å². The Hall–Kier alpha value is -1.65. The number of sulfonamides is 1. The van der Waals surface area contributed by atoms with Gasteiger partial charge >= 0.3 is 0 Å². The summed E-state index contributed by atoms with van der Waals surface area (Å²) < 4.78 is 27.8. The molecule has 1 saturated heterocycles. The molecule has 0 amide bonds. The van der Waals surface area contributed by atoms with Gasteiger partial charge in [-0.1, -0.05) is 48.0 Å². The molecular formula is C18H19NO2S. The SMILES string of the molecule is Cc1ccc(S(=O)(=O)N2CC3CC3C2c2ccccc2)cc1. The van der Waals surface area contributed by atoms with Crippen LogP contribution in [-0.4, -0.2) is 19.3 Å². The molecule has 1 aliphatic heterocycles. The second-order valence-corrected chi connectivity index (χ2v) is 8.29. The Labute approximate surface area is 131 Å². The maximum Gasteiger partial charge on any atom is 0.243 e. The smallest absolute Gasteiger partial charge is 0.207 e. The monoisotopic (exact) mass is 313 g/mol. The highest BCUT2D eigenvalue weighted by atomic mass is 32.2. The van der Waals surface area contributed by atoms with Gasteiger partial charge in [-0.05, 0) is 42.9 Å². The van der Waals surface area contributed by atoms with Gasteiger partial charge in [-0.25, -0.2) is 8.42 Å². The molecule has 3 unspecified atom stereocenters. The van der Waals surface area contributed by atoms with Crippen LogP contribution < -0.4 is 0 Å². The molecule has 3 nitrogen and oxygen atoms in total. The summed E-state index contributed by atoms with van der Waals surface area (Å²) in [5, 5.41) is 0. The quantitative estimate of drug-likeness (QED) is 0.871. The summed E-state index contributed by atoms with van der Waals surface area (Å²) in [5.41, 5.74) is 2.19. The van der Waals surface area contributed by atoms with Crippen LogP contribution in [0.25, 0.3) is 0 Å². The summed E-state index contributed by atoms with van der Waals surface area (Å²) in [7, 11) is -3.42. The van der Waals surface area contributed by atoms with E-state index in [1.165, 1.54) is 0 Å². The van der Waals surface area contributed by atoms with Crippen LogP contribution in [0.5, 0.6) is 0 Å². The van der Waals surface area contributed by atoms with Crippen molar-refractivity contribution in [3.8, 4) is 0 Å². The van der Waals surface area contributed by atoms with E-state index in [2.05, 4.69) is 0 Å². The standard InChI is InChI=1S/C18H19NO2S/c1-13-7-9-16(10-8-13)22(20,21)19-12-15-11-17(15)18(19)14-5-3-2-4-6-14/h2-10,15,17-18H,11-12H2,1H3. The van der Waals surface area contributed by atoms with Gasteiger partial charge < -0.3 is 0 Å². The van der Waals surface area contributed by atoms with Crippen LogP contribution in [0.1, 0.15) is 23.6 Å². The summed E-state index contributed by atoms with van der Waals surface area (Å²) in [5.74, 6) is 1.02. The minimum Gasteiger partial charge on any atom is -0.207 e. The average molecular weight is 313 g/mol. The van der Waals surface area contributed by atoms with E-state index < -0.39 is 10.0 Å². The van der Waals surface area contributed by atoms with Crippen molar-refractivity contribution in [1.29, 1.82) is 0 Å². The first kappa shape index (κ1) is 14.0. The first-order valence-electron chi connectivity index (χ1n) is 7.71. The van der Waals surface area contributed by atoms with Crippen molar-refractivity contribution in [2.45, 2.75) is 24.3 Å². The van der Waals surface area contributed by atoms with Crippen molar-refractivity contribution in [3.63, 3.8) is 0 Å². The van der Waals surface area contributed by atoms with Crippen molar-refractivity contribution in [3.05, 3.63) is 65.7 Å². The highest BCUT2D eigenvalue weighted by molar-refractivity contribution is 7.89. The van der Waals surface area contributed by atoms with E-state index in [-0.39, 0.29) is 6.04 Å². The van der Waals surface area contributed by atoms with Crippen LogP contribution in [0.3, 0.4) is 0 Å². The molecule has 0 spiro atoms. The van der Waals surface area contributed by atoms with Gasteiger partial charge in [-0.3, -0.25) is 0 Å². The predicted octanol–water partition coefficient (Wildman–Crippen LogP) is 3.38. The fourth-order valence-electron chi connectivity index (χ4n) is 3.58. The fourth-order valence-corrected chi connectivity index (χ4v) is 5.30. The average Bonchev–Trinajstić information content (AvgIpc) is 3.19. The molecule has 2 fully saturated rings. The van der Waals surface area contributed by atoms with Crippen LogP contribution >= 0.6 is 0 Å². The lowest BCUT2D eigenvalue weighted by molar-refractivity contribution is 0.351. The van der Waals surface area contributed by atoms with Crippen molar-refractivity contribution in [2.24, 2.45) is 11.8 Å². The minimum absolute atomic E-state index is 0.00231. The van der Waals surface area contributed by atoms with Gasteiger partial charge in [0.15, 0.2) is 0 Å². The number of piperidine rings is 1. The molecule has 3 atom stereocenters. The molecule has 4 rings (SSSR count). The largest absolute Gasteiger partial charge is 0.243 e. The van der Waals surface area contributed by atoms with Gasteiger partial charge in [-0.15, -0.1) is 0 Å². The topological polar surface area (TPSA) is 37.4 Å². The van der Waals surface area contributed by atoms with E-state index in [1.54, 1.807) is 16.4 Å². The number of nitrogens with zero attached hydrogens (tertiary/aromatic N) is 1. The first-order valence-corrected chi connectivity index (χ1v) is 9.15. The second kappa shape index (κ2) is 4.93. The van der Waals surface area contributed by atoms with Gasteiger partial charge in [0.1, 0.15) is 0 Å². The Morgan fingerprint density at radius 1 is 1.00 bits per heavy atom. The van der Waals surface area contributed by atoms with E-state index >= 15 is 0 Å². The number of hydrogen-bond donors (Lipinski definition) is 0. The zero-order chi connectivity index (χ0) is 15.3. The Balaban J connectivity index is 1.73. The van der Waals surface area contributed by atoms with Gasteiger partial charge in [0.05, 0.1) is 10.9 Å². The van der Waals surface area contributed by atoms with Gasteiger partial charge in [-0.2, -0.15) is 4.31 Å². The lowest BCUT2D eigenvalue weighted by Crippen LogP contribution is -2.33. The zero-order valence-corrected chi connectivity index (χ0v) is 13.3. The van der Waals surface area contributed by atoms with Crippen molar-refractivity contribution in [2.75, 3.05) is 6.54 Å².